The van der Waals surface area contributed by atoms with Gasteiger partial charge in [-0.05, 0) is 17.8 Å². The summed E-state index contributed by atoms with van der Waals surface area (Å²) in [5, 5.41) is 8.77. The van der Waals surface area contributed by atoms with Crippen molar-refractivity contribution in [1.29, 1.82) is 0 Å². The molecule has 138 valence electrons. The number of hydrogen-bond acceptors (Lipinski definition) is 5. The molecule has 0 aromatic rings. The van der Waals surface area contributed by atoms with E-state index in [1.165, 1.54) is 6.92 Å². The third-order valence-electron chi connectivity index (χ3n) is 4.21. The zero-order valence-electron chi connectivity index (χ0n) is 16.1. The van der Waals surface area contributed by atoms with Gasteiger partial charge >= 0.3 is 11.9 Å². The summed E-state index contributed by atoms with van der Waals surface area (Å²) in [6.45, 7) is 12.0. The van der Waals surface area contributed by atoms with Crippen LogP contribution in [0.3, 0.4) is 0 Å². The molecule has 3 unspecified atom stereocenters. The van der Waals surface area contributed by atoms with Gasteiger partial charge in [-0.25, -0.2) is 4.79 Å². The van der Waals surface area contributed by atoms with Crippen molar-refractivity contribution in [2.75, 3.05) is 6.54 Å². The quantitative estimate of drug-likeness (QED) is 0.386. The predicted octanol–water partition coefficient (Wildman–Crippen LogP) is 1.70. The second-order valence-electron chi connectivity index (χ2n) is 8.42. The Morgan fingerprint density at radius 2 is 1.40 bits per heavy atom. The molecule has 0 aliphatic carbocycles. The van der Waals surface area contributed by atoms with Crippen LogP contribution in [0, 0.1) is 22.7 Å². The summed E-state index contributed by atoms with van der Waals surface area (Å²) in [5.41, 5.74) is -0.893. The van der Waals surface area contributed by atoms with Gasteiger partial charge in [-0.2, -0.15) is 0 Å². The van der Waals surface area contributed by atoms with Crippen LogP contribution in [-0.4, -0.2) is 46.4 Å². The Hall–Kier alpha value is -2.92. The smallest absolute Gasteiger partial charge is 0.344 e. The number of hydrogen-bond donors (Lipinski definition) is 1. The Morgan fingerprint density at radius 3 is 1.68 bits per heavy atom. The van der Waals surface area contributed by atoms with E-state index in [-0.39, 0.29) is 0 Å². The molecular weight excluding hydrogens is 581 g/mol. The first-order valence-corrected chi connectivity index (χ1v) is 7.95. The van der Waals surface area contributed by atoms with E-state index >= 15 is 0 Å². The number of carbonyl (C=O) groups excluding carboxylic acids is 3. The van der Waals surface area contributed by atoms with Crippen LogP contribution in [0.25, 0.3) is 0 Å². The van der Waals surface area contributed by atoms with Crippen LogP contribution in [0.5, 0.6) is 0 Å². The molecule has 1 aliphatic rings. The molecule has 0 aromatic carbocycles. The Morgan fingerprint density at radius 1 is 1.04 bits per heavy atom. The van der Waals surface area contributed by atoms with Crippen molar-refractivity contribution in [2.45, 2.75) is 54.6 Å². The first-order valence-electron chi connectivity index (χ1n) is 7.95. The maximum absolute atomic E-state index is 12.8. The van der Waals surface area contributed by atoms with Crippen molar-refractivity contribution in [3.8, 4) is 0 Å². The Balaban J connectivity index is 0.00000576. The summed E-state index contributed by atoms with van der Waals surface area (Å²) >= 11 is 0. The van der Waals surface area contributed by atoms with Crippen LogP contribution in [0.15, 0.2) is 0 Å². The minimum absolute atomic E-state index is 0. The number of ether oxygens (including phenoxy) is 1. The van der Waals surface area contributed by atoms with Crippen LogP contribution < -0.4 is 0 Å². The van der Waals surface area contributed by atoms with Gasteiger partial charge in [0.25, 0.3) is 0 Å². The van der Waals surface area contributed by atoms with E-state index in [1.54, 1.807) is 0 Å². The number of aliphatic carboxylic acids is 1. The van der Waals surface area contributed by atoms with Crippen molar-refractivity contribution in [1.82, 2.24) is 4.90 Å². The van der Waals surface area contributed by atoms with Crippen molar-refractivity contribution in [2.24, 2.45) is 22.7 Å². The van der Waals surface area contributed by atoms with Gasteiger partial charge in [0.1, 0.15) is 6.54 Å². The topological polar surface area (TPSA) is 101 Å². The molecule has 0 bridgehead atoms. The zero-order valence-corrected chi connectivity index (χ0v) is 22.5. The Kier molecular flexibility index (Phi) is 6.10. The SMILES string of the molecule is CC(OC(=O)CN1C(=O)C(C(C)(C)C)C(C(C)(C)C)C1=O)C(=O)O.[Rf]. The number of imide groups is 1. The molecule has 0 saturated carbocycles. The second kappa shape index (κ2) is 6.91. The van der Waals surface area contributed by atoms with E-state index in [1.807, 2.05) is 41.5 Å². The Bertz CT molecular complexity index is 528. The van der Waals surface area contributed by atoms with Crippen molar-refractivity contribution in [3.63, 3.8) is 0 Å². The Labute approximate surface area is 142 Å². The van der Waals surface area contributed by atoms with Gasteiger partial charge in [0, 0.05) is 0 Å². The number of likely N-dealkylation sites (tertiary alicyclic amines) is 1. The summed E-state index contributed by atoms with van der Waals surface area (Å²) in [4.78, 5) is 49.0. The van der Waals surface area contributed by atoms with Crippen LogP contribution in [0.4, 0.5) is 0 Å². The molecule has 0 radical (unpaired) electrons. The molecule has 8 heteroatoms. The van der Waals surface area contributed by atoms with Gasteiger partial charge in [0.2, 0.25) is 11.8 Å². The van der Waals surface area contributed by atoms with E-state index in [2.05, 4.69) is 0 Å². The van der Waals surface area contributed by atoms with E-state index in [0.29, 0.717) is 0 Å². The third-order valence-corrected chi connectivity index (χ3v) is 4.21. The van der Waals surface area contributed by atoms with Crippen LogP contribution in [0.1, 0.15) is 48.5 Å². The minimum atomic E-state index is -1.33. The second-order valence-corrected chi connectivity index (χ2v) is 8.42. The molecule has 25 heavy (non-hydrogen) atoms. The van der Waals surface area contributed by atoms with Crippen molar-refractivity contribution < 1.29 is 29.0 Å². The van der Waals surface area contributed by atoms with E-state index in [9.17, 15) is 19.2 Å². The maximum Gasteiger partial charge on any atom is 0.344 e. The zero-order chi connectivity index (χ0) is 19.0. The predicted molar refractivity (Wildman–Crippen MR) is 85.8 cm³/mol. The summed E-state index contributed by atoms with van der Waals surface area (Å²) in [6, 6.07) is 0. The third kappa shape index (κ3) is 4.55. The van der Waals surface area contributed by atoms with Crippen LogP contribution in [0.2, 0.25) is 0 Å². The average Bonchev–Trinajstić information content (AvgIpc) is 2.62. The summed E-state index contributed by atoms with van der Waals surface area (Å²) in [6.07, 6.45) is -1.33. The molecule has 2 amide bonds. The van der Waals surface area contributed by atoms with Gasteiger partial charge < -0.3 is 9.84 Å². The van der Waals surface area contributed by atoms with Crippen LogP contribution in [-0.2, 0) is 23.9 Å². The fourth-order valence-electron chi connectivity index (χ4n) is 3.04. The maximum atomic E-state index is 12.8. The standard InChI is InChI=1S/C17H27NO6.Rf/c1-9(15(22)23)24-10(19)8-18-13(20)11(16(2,3)4)12(14(18)21)17(5,6)7;/h9,11-12H,8H2,1-7H3,(H,22,23);. The molecule has 1 rings (SSSR count). The largest absolute Gasteiger partial charge is 0.479 e. The van der Waals surface area contributed by atoms with Gasteiger partial charge in [-0.15, -0.1) is 0 Å². The first kappa shape index (κ1) is 22.1. The summed E-state index contributed by atoms with van der Waals surface area (Å²) in [7, 11) is 0. The van der Waals surface area contributed by atoms with Gasteiger partial charge in [0.15, 0.2) is 6.10 Å². The van der Waals surface area contributed by atoms with Crippen molar-refractivity contribution in [3.05, 3.63) is 0 Å². The normalized spacial score (nSPS) is 22.4. The molecule has 0 spiro atoms. The number of nitrogens with zero attached hydrogens (tertiary/aromatic N) is 1. The van der Waals surface area contributed by atoms with Gasteiger partial charge in [0.05, 0.1) is 11.8 Å². The minimum Gasteiger partial charge on any atom is -0.479 e. The summed E-state index contributed by atoms with van der Waals surface area (Å²) in [5.74, 6) is -4.11. The molecule has 1 heterocycles. The molecule has 7 nitrogen and oxygen atoms in total. The van der Waals surface area contributed by atoms with Gasteiger partial charge in [-0.1, -0.05) is 41.5 Å². The number of amides is 2. The van der Waals surface area contributed by atoms with Gasteiger partial charge in [-0.3, -0.25) is 19.3 Å². The van der Waals surface area contributed by atoms with E-state index in [0.717, 1.165) is 4.90 Å². The number of rotatable bonds is 4. The number of carboxylic acid groups (broad SMARTS) is 1. The molecule has 1 N–H and O–H groups in total. The molecule has 0 aromatic heterocycles. The number of carbonyl (C=O) groups is 4. The first-order chi connectivity index (χ1) is 10.7. The fourth-order valence-corrected chi connectivity index (χ4v) is 3.04. The van der Waals surface area contributed by atoms with Crippen molar-refractivity contribution >= 4 is 23.8 Å². The monoisotopic (exact) mass is 608 g/mol. The molecule has 1 fully saturated rings. The van der Waals surface area contributed by atoms with Crippen LogP contribution >= 0.6 is 0 Å². The number of carboxylic acids is 1. The van der Waals surface area contributed by atoms with E-state index < -0.39 is 59.1 Å². The molecular formula is C17H27NO6Rf. The molecule has 1 aliphatic heterocycles. The molecule has 3 atom stereocenters. The van der Waals surface area contributed by atoms with E-state index in [4.69, 9.17) is 9.84 Å². The number of esters is 1. The average molecular weight is 608 g/mol. The molecule has 1 saturated heterocycles. The summed E-state index contributed by atoms with van der Waals surface area (Å²) < 4.78 is 4.73. The fraction of sp³-hybridized carbons (Fsp3) is 0.765.